The van der Waals surface area contributed by atoms with Crippen molar-refractivity contribution in [2.75, 3.05) is 7.05 Å². The Balaban J connectivity index is 2.32. The van der Waals surface area contributed by atoms with Crippen molar-refractivity contribution in [2.45, 2.75) is 13.0 Å². The Bertz CT molecular complexity index is 450. The maximum Gasteiger partial charge on any atom is 0.134 e. The van der Waals surface area contributed by atoms with Crippen LogP contribution in [0.1, 0.15) is 17.8 Å². The van der Waals surface area contributed by atoms with Gasteiger partial charge in [0.15, 0.2) is 0 Å². The van der Waals surface area contributed by atoms with Gasteiger partial charge in [0, 0.05) is 21.6 Å². The fourth-order valence-electron chi connectivity index (χ4n) is 1.18. The molecule has 0 aromatic carbocycles. The third-order valence-corrected chi connectivity index (χ3v) is 5.37. The van der Waals surface area contributed by atoms with Gasteiger partial charge in [-0.1, -0.05) is 0 Å². The molecule has 2 aromatic rings. The molecule has 0 amide bonds. The van der Waals surface area contributed by atoms with Gasteiger partial charge in [-0.3, -0.25) is 0 Å². The summed E-state index contributed by atoms with van der Waals surface area (Å²) in [7, 11) is 1.96. The van der Waals surface area contributed by atoms with Crippen molar-refractivity contribution < 1.29 is 0 Å². The SMILES string of the molecule is CNC(C)c1cnc(-c2sccc2Br)s1. The molecular weight excluding hydrogens is 292 g/mol. The lowest BCUT2D eigenvalue weighted by molar-refractivity contribution is 0.662. The van der Waals surface area contributed by atoms with E-state index in [2.05, 4.69) is 44.6 Å². The van der Waals surface area contributed by atoms with Crippen LogP contribution in [0.25, 0.3) is 9.88 Å². The summed E-state index contributed by atoms with van der Waals surface area (Å²) in [4.78, 5) is 6.94. The Kier molecular flexibility index (Phi) is 3.56. The molecule has 15 heavy (non-hydrogen) atoms. The number of aromatic nitrogens is 1. The molecule has 2 rings (SSSR count). The average Bonchev–Trinajstić information content (AvgIpc) is 2.84. The Hall–Kier alpha value is -0.230. The largest absolute Gasteiger partial charge is 0.312 e. The number of nitrogens with one attached hydrogen (secondary N) is 1. The van der Waals surface area contributed by atoms with E-state index in [4.69, 9.17) is 0 Å². The van der Waals surface area contributed by atoms with Gasteiger partial charge in [-0.15, -0.1) is 22.7 Å². The fourth-order valence-corrected chi connectivity index (χ4v) is 3.96. The van der Waals surface area contributed by atoms with Gasteiger partial charge >= 0.3 is 0 Å². The first kappa shape index (κ1) is 11.3. The highest BCUT2D eigenvalue weighted by atomic mass is 79.9. The maximum absolute atomic E-state index is 4.45. The Labute approximate surface area is 106 Å². The number of rotatable bonds is 3. The number of halogens is 1. The molecule has 0 aliphatic carbocycles. The van der Waals surface area contributed by atoms with Crippen molar-refractivity contribution in [1.29, 1.82) is 0 Å². The van der Waals surface area contributed by atoms with E-state index in [9.17, 15) is 0 Å². The third-order valence-electron chi connectivity index (χ3n) is 2.19. The summed E-state index contributed by atoms with van der Waals surface area (Å²) in [5.74, 6) is 0. The zero-order valence-corrected chi connectivity index (χ0v) is 11.7. The summed E-state index contributed by atoms with van der Waals surface area (Å²) in [5, 5.41) is 6.38. The van der Waals surface area contributed by atoms with E-state index < -0.39 is 0 Å². The number of hydrogen-bond acceptors (Lipinski definition) is 4. The minimum atomic E-state index is 0.370. The molecule has 0 aliphatic rings. The molecule has 1 atom stereocenters. The summed E-state index contributed by atoms with van der Waals surface area (Å²) >= 11 is 6.99. The summed E-state index contributed by atoms with van der Waals surface area (Å²) < 4.78 is 1.13. The van der Waals surface area contributed by atoms with Crippen LogP contribution in [0.2, 0.25) is 0 Å². The van der Waals surface area contributed by atoms with E-state index in [-0.39, 0.29) is 0 Å². The molecule has 0 radical (unpaired) electrons. The standard InChI is InChI=1S/C10H11BrN2S2/c1-6(12-2)8-5-13-10(15-8)9-7(11)3-4-14-9/h3-6,12H,1-2H3. The molecule has 2 aromatic heterocycles. The van der Waals surface area contributed by atoms with E-state index in [0.29, 0.717) is 6.04 Å². The lowest BCUT2D eigenvalue weighted by atomic mass is 10.3. The minimum absolute atomic E-state index is 0.370. The molecular formula is C10H11BrN2S2. The average molecular weight is 303 g/mol. The van der Waals surface area contributed by atoms with Gasteiger partial charge in [-0.05, 0) is 41.3 Å². The molecule has 0 saturated carbocycles. The van der Waals surface area contributed by atoms with Gasteiger partial charge in [0.25, 0.3) is 0 Å². The molecule has 1 N–H and O–H groups in total. The molecule has 2 heterocycles. The second kappa shape index (κ2) is 4.74. The molecule has 5 heteroatoms. The van der Waals surface area contributed by atoms with Crippen LogP contribution in [0.4, 0.5) is 0 Å². The Morgan fingerprint density at radius 2 is 2.33 bits per heavy atom. The number of nitrogens with zero attached hydrogens (tertiary/aromatic N) is 1. The molecule has 0 spiro atoms. The van der Waals surface area contributed by atoms with Crippen molar-refractivity contribution in [2.24, 2.45) is 0 Å². The van der Waals surface area contributed by atoms with Crippen molar-refractivity contribution in [3.05, 3.63) is 27.0 Å². The van der Waals surface area contributed by atoms with Crippen molar-refractivity contribution in [3.8, 4) is 9.88 Å². The fraction of sp³-hybridized carbons (Fsp3) is 0.300. The summed E-state index contributed by atoms with van der Waals surface area (Å²) in [6.07, 6.45) is 1.95. The monoisotopic (exact) mass is 302 g/mol. The maximum atomic E-state index is 4.45. The van der Waals surface area contributed by atoms with Gasteiger partial charge in [0.05, 0.1) is 4.88 Å². The van der Waals surface area contributed by atoms with Crippen LogP contribution in [0.15, 0.2) is 22.1 Å². The van der Waals surface area contributed by atoms with Gasteiger partial charge in [0.1, 0.15) is 5.01 Å². The predicted molar refractivity (Wildman–Crippen MR) is 70.6 cm³/mol. The Morgan fingerprint density at radius 1 is 1.53 bits per heavy atom. The van der Waals surface area contributed by atoms with E-state index in [1.165, 1.54) is 9.75 Å². The summed E-state index contributed by atoms with van der Waals surface area (Å²) in [6, 6.07) is 2.43. The number of thiazole rings is 1. The minimum Gasteiger partial charge on any atom is -0.312 e. The highest BCUT2D eigenvalue weighted by Crippen LogP contribution is 2.36. The zero-order valence-electron chi connectivity index (χ0n) is 8.45. The molecule has 0 aliphatic heterocycles. The topological polar surface area (TPSA) is 24.9 Å². The smallest absolute Gasteiger partial charge is 0.134 e. The molecule has 0 saturated heterocycles. The predicted octanol–water partition coefficient (Wildman–Crippen LogP) is 3.91. The molecule has 0 fully saturated rings. The molecule has 1 unspecified atom stereocenters. The third kappa shape index (κ3) is 2.30. The summed E-state index contributed by atoms with van der Waals surface area (Å²) in [6.45, 7) is 2.14. The molecule has 0 bridgehead atoms. The van der Waals surface area contributed by atoms with E-state index in [1.54, 1.807) is 22.7 Å². The van der Waals surface area contributed by atoms with Gasteiger partial charge in [-0.25, -0.2) is 4.98 Å². The van der Waals surface area contributed by atoms with Gasteiger partial charge < -0.3 is 5.32 Å². The quantitative estimate of drug-likeness (QED) is 0.930. The first-order chi connectivity index (χ1) is 7.22. The highest BCUT2D eigenvalue weighted by molar-refractivity contribution is 9.10. The lowest BCUT2D eigenvalue weighted by Gasteiger charge is -2.04. The zero-order chi connectivity index (χ0) is 10.8. The van der Waals surface area contributed by atoms with E-state index in [0.717, 1.165) is 9.48 Å². The van der Waals surface area contributed by atoms with Crippen LogP contribution >= 0.6 is 38.6 Å². The number of thiophene rings is 1. The Morgan fingerprint density at radius 3 is 2.93 bits per heavy atom. The van der Waals surface area contributed by atoms with Crippen LogP contribution in [0.3, 0.4) is 0 Å². The van der Waals surface area contributed by atoms with Crippen molar-refractivity contribution >= 4 is 38.6 Å². The van der Waals surface area contributed by atoms with E-state index in [1.807, 2.05) is 13.2 Å². The van der Waals surface area contributed by atoms with E-state index >= 15 is 0 Å². The van der Waals surface area contributed by atoms with Crippen LogP contribution in [0, 0.1) is 0 Å². The van der Waals surface area contributed by atoms with Crippen molar-refractivity contribution in [3.63, 3.8) is 0 Å². The number of hydrogen-bond donors (Lipinski definition) is 1. The molecule has 2 nitrogen and oxygen atoms in total. The highest BCUT2D eigenvalue weighted by Gasteiger charge is 2.12. The van der Waals surface area contributed by atoms with Crippen LogP contribution in [-0.4, -0.2) is 12.0 Å². The summed E-state index contributed by atoms with van der Waals surface area (Å²) in [5.41, 5.74) is 0. The second-order valence-corrected chi connectivity index (χ2v) is 6.01. The first-order valence-corrected chi connectivity index (χ1v) is 7.07. The van der Waals surface area contributed by atoms with Gasteiger partial charge in [-0.2, -0.15) is 0 Å². The molecule has 80 valence electrons. The van der Waals surface area contributed by atoms with Crippen molar-refractivity contribution in [1.82, 2.24) is 10.3 Å². The lowest BCUT2D eigenvalue weighted by Crippen LogP contribution is -2.10. The van der Waals surface area contributed by atoms with Crippen LogP contribution in [0.5, 0.6) is 0 Å². The van der Waals surface area contributed by atoms with Gasteiger partial charge in [0.2, 0.25) is 0 Å². The van der Waals surface area contributed by atoms with Crippen LogP contribution < -0.4 is 5.32 Å². The second-order valence-electron chi connectivity index (χ2n) is 3.18. The normalized spacial score (nSPS) is 13.0. The van der Waals surface area contributed by atoms with Crippen LogP contribution in [-0.2, 0) is 0 Å². The first-order valence-electron chi connectivity index (χ1n) is 4.58.